The van der Waals surface area contributed by atoms with Crippen molar-refractivity contribution in [3.8, 4) is 17.0 Å². The van der Waals surface area contributed by atoms with E-state index >= 15 is 0 Å². The molecule has 2 aromatic heterocycles. The molecule has 1 aliphatic rings. The molecule has 0 radical (unpaired) electrons. The van der Waals surface area contributed by atoms with Gasteiger partial charge in [0.25, 0.3) is 5.91 Å². The number of aromatic nitrogens is 2. The van der Waals surface area contributed by atoms with Gasteiger partial charge < -0.3 is 15.5 Å². The lowest BCUT2D eigenvalue weighted by Gasteiger charge is -2.37. The maximum Gasteiger partial charge on any atom is 0.269 e. The summed E-state index contributed by atoms with van der Waals surface area (Å²) in [5.41, 5.74) is 1.42. The van der Waals surface area contributed by atoms with Crippen LogP contribution in [0.5, 0.6) is 5.75 Å². The van der Waals surface area contributed by atoms with Crippen molar-refractivity contribution in [2.24, 2.45) is 5.92 Å². The van der Waals surface area contributed by atoms with Gasteiger partial charge in [-0.2, -0.15) is 5.10 Å². The second-order valence-corrected chi connectivity index (χ2v) is 7.52. The van der Waals surface area contributed by atoms with Gasteiger partial charge in [0, 0.05) is 10.4 Å². The Morgan fingerprint density at radius 3 is 2.77 bits per heavy atom. The largest absolute Gasteiger partial charge is 0.507 e. The summed E-state index contributed by atoms with van der Waals surface area (Å²) in [4.78, 5) is 13.8. The molecular formula is C19H19N3O3S. The van der Waals surface area contributed by atoms with E-state index in [1.165, 1.54) is 0 Å². The molecule has 1 saturated carbocycles. The van der Waals surface area contributed by atoms with Gasteiger partial charge in [-0.3, -0.25) is 9.89 Å². The van der Waals surface area contributed by atoms with Crippen molar-refractivity contribution in [2.75, 3.05) is 0 Å². The van der Waals surface area contributed by atoms with Crippen molar-refractivity contribution in [1.29, 1.82) is 0 Å². The number of phenols is 1. The number of nitrogens with zero attached hydrogens (tertiary/aromatic N) is 1. The minimum absolute atomic E-state index is 0.117. The fourth-order valence-electron chi connectivity index (χ4n) is 3.28. The molecule has 1 atom stereocenters. The zero-order valence-corrected chi connectivity index (χ0v) is 14.7. The van der Waals surface area contributed by atoms with E-state index in [4.69, 9.17) is 0 Å². The highest BCUT2D eigenvalue weighted by molar-refractivity contribution is 7.10. The Labute approximate surface area is 154 Å². The molecule has 0 unspecified atom stereocenters. The van der Waals surface area contributed by atoms with Crippen LogP contribution < -0.4 is 5.32 Å². The number of H-pyrrole nitrogens is 1. The van der Waals surface area contributed by atoms with Crippen LogP contribution in [0.25, 0.3) is 11.3 Å². The molecule has 0 aliphatic heterocycles. The highest BCUT2D eigenvalue weighted by atomic mass is 32.1. The highest BCUT2D eigenvalue weighted by Crippen LogP contribution is 2.39. The molecule has 134 valence electrons. The zero-order chi connectivity index (χ0) is 18.1. The first-order valence-electron chi connectivity index (χ1n) is 8.48. The molecule has 0 spiro atoms. The molecule has 2 heterocycles. The summed E-state index contributed by atoms with van der Waals surface area (Å²) in [5, 5.41) is 31.5. The van der Waals surface area contributed by atoms with Crippen molar-refractivity contribution in [2.45, 2.75) is 25.0 Å². The topological polar surface area (TPSA) is 98.2 Å². The molecule has 7 heteroatoms. The first-order chi connectivity index (χ1) is 12.6. The lowest BCUT2D eigenvalue weighted by Crippen LogP contribution is -2.41. The number of aliphatic hydroxyl groups excluding tert-OH is 1. The molecular weight excluding hydrogens is 350 g/mol. The van der Waals surface area contributed by atoms with Gasteiger partial charge in [-0.25, -0.2) is 0 Å². The van der Waals surface area contributed by atoms with E-state index in [0.717, 1.165) is 4.88 Å². The number of aromatic hydroxyl groups is 1. The third-order valence-electron chi connectivity index (χ3n) is 4.76. The van der Waals surface area contributed by atoms with E-state index in [9.17, 15) is 15.0 Å². The van der Waals surface area contributed by atoms with E-state index in [1.807, 2.05) is 17.5 Å². The molecule has 26 heavy (non-hydrogen) atoms. The molecule has 0 bridgehead atoms. The molecule has 3 aromatic rings. The number of phenolic OH excluding ortho intramolecular Hbond substituents is 1. The van der Waals surface area contributed by atoms with Crippen molar-refractivity contribution < 1.29 is 15.0 Å². The summed E-state index contributed by atoms with van der Waals surface area (Å²) in [7, 11) is 0. The number of carbonyl (C=O) groups excluding carboxylic acids is 1. The molecule has 4 rings (SSSR count). The number of nitrogens with one attached hydrogen (secondary N) is 2. The monoisotopic (exact) mass is 369 g/mol. The molecule has 1 amide bonds. The number of aliphatic hydroxyl groups is 1. The van der Waals surface area contributed by atoms with Gasteiger partial charge in [-0.1, -0.05) is 18.2 Å². The predicted octanol–water partition coefficient (Wildman–Crippen LogP) is 3.09. The summed E-state index contributed by atoms with van der Waals surface area (Å²) in [6, 6.07) is 12.3. The fourth-order valence-corrected chi connectivity index (χ4v) is 4.15. The number of hydrogen-bond acceptors (Lipinski definition) is 5. The minimum Gasteiger partial charge on any atom is -0.507 e. The number of aromatic amines is 1. The van der Waals surface area contributed by atoms with Crippen LogP contribution in [0.2, 0.25) is 0 Å². The summed E-state index contributed by atoms with van der Waals surface area (Å²) < 4.78 is 0. The Kier molecular flexibility index (Phi) is 4.48. The van der Waals surface area contributed by atoms with Crippen LogP contribution in [-0.4, -0.2) is 32.4 Å². The summed E-state index contributed by atoms with van der Waals surface area (Å²) in [6.45, 7) is 0. The Morgan fingerprint density at radius 2 is 2.08 bits per heavy atom. The van der Waals surface area contributed by atoms with Crippen LogP contribution in [0.4, 0.5) is 0 Å². The Hall–Kier alpha value is -2.64. The third kappa shape index (κ3) is 3.23. The smallest absolute Gasteiger partial charge is 0.269 e. The number of rotatable bonds is 5. The third-order valence-corrected chi connectivity index (χ3v) is 5.72. The zero-order valence-electron chi connectivity index (χ0n) is 13.9. The van der Waals surface area contributed by atoms with Gasteiger partial charge in [0.15, 0.2) is 0 Å². The van der Waals surface area contributed by atoms with E-state index in [0.29, 0.717) is 29.8 Å². The van der Waals surface area contributed by atoms with E-state index in [1.54, 1.807) is 41.7 Å². The van der Waals surface area contributed by atoms with Crippen LogP contribution in [-0.2, 0) is 0 Å². The Bertz CT molecular complexity index is 900. The lowest BCUT2D eigenvalue weighted by molar-refractivity contribution is 0.0240. The molecule has 1 aromatic carbocycles. The maximum absolute atomic E-state index is 12.7. The van der Waals surface area contributed by atoms with Gasteiger partial charge in [0.2, 0.25) is 0 Å². The standard InChI is InChI=1S/C19H19N3O3S/c23-12-8-11(9-12)18(17-6-3-7-26-17)20-19(25)15-10-14(21-22-15)13-4-1-2-5-16(13)24/h1-7,10-12,18,23-24H,8-9H2,(H,20,25)(H,21,22)/t11?,12?,18-/m0/s1. The highest BCUT2D eigenvalue weighted by Gasteiger charge is 2.36. The van der Waals surface area contributed by atoms with Crippen LogP contribution in [0.15, 0.2) is 47.8 Å². The number of thiophene rings is 1. The van der Waals surface area contributed by atoms with Gasteiger partial charge in [-0.15, -0.1) is 11.3 Å². The first-order valence-corrected chi connectivity index (χ1v) is 9.36. The van der Waals surface area contributed by atoms with Gasteiger partial charge in [0.1, 0.15) is 11.4 Å². The van der Waals surface area contributed by atoms with E-state index in [2.05, 4.69) is 15.5 Å². The quantitative estimate of drug-likeness (QED) is 0.555. The summed E-state index contributed by atoms with van der Waals surface area (Å²) in [6.07, 6.45) is 1.10. The van der Waals surface area contributed by atoms with Crippen molar-refractivity contribution in [3.63, 3.8) is 0 Å². The average Bonchev–Trinajstić information content (AvgIpc) is 3.29. The number of para-hydroxylation sites is 1. The summed E-state index contributed by atoms with van der Waals surface area (Å²) >= 11 is 1.60. The first kappa shape index (κ1) is 16.8. The van der Waals surface area contributed by atoms with E-state index < -0.39 is 0 Å². The van der Waals surface area contributed by atoms with Gasteiger partial charge in [0.05, 0.1) is 17.8 Å². The molecule has 1 fully saturated rings. The van der Waals surface area contributed by atoms with Crippen LogP contribution in [0.3, 0.4) is 0 Å². The van der Waals surface area contributed by atoms with Crippen molar-refractivity contribution in [1.82, 2.24) is 15.5 Å². The molecule has 4 N–H and O–H groups in total. The number of hydrogen-bond donors (Lipinski definition) is 4. The normalized spacial score (nSPS) is 20.3. The lowest BCUT2D eigenvalue weighted by atomic mass is 9.76. The predicted molar refractivity (Wildman–Crippen MR) is 98.9 cm³/mol. The van der Waals surface area contributed by atoms with Crippen LogP contribution in [0.1, 0.15) is 34.2 Å². The van der Waals surface area contributed by atoms with Gasteiger partial charge in [-0.05, 0) is 48.4 Å². The minimum atomic E-state index is -0.279. The number of benzene rings is 1. The average molecular weight is 369 g/mol. The Morgan fingerprint density at radius 1 is 1.27 bits per heavy atom. The second-order valence-electron chi connectivity index (χ2n) is 6.54. The molecule has 6 nitrogen and oxygen atoms in total. The molecule has 1 aliphatic carbocycles. The van der Waals surface area contributed by atoms with Crippen LogP contribution >= 0.6 is 11.3 Å². The van der Waals surface area contributed by atoms with Crippen LogP contribution in [0, 0.1) is 5.92 Å². The molecule has 0 saturated heterocycles. The summed E-state index contributed by atoms with van der Waals surface area (Å²) in [5.74, 6) is 0.0954. The van der Waals surface area contributed by atoms with Crippen molar-refractivity contribution >= 4 is 17.2 Å². The van der Waals surface area contributed by atoms with E-state index in [-0.39, 0.29) is 29.7 Å². The fraction of sp³-hybridized carbons (Fsp3) is 0.263. The second kappa shape index (κ2) is 6.93. The van der Waals surface area contributed by atoms with Crippen molar-refractivity contribution in [3.05, 3.63) is 58.4 Å². The number of carbonyl (C=O) groups is 1. The Balaban J connectivity index is 1.53. The maximum atomic E-state index is 12.7. The van der Waals surface area contributed by atoms with Gasteiger partial charge >= 0.3 is 0 Å². The number of amides is 1. The SMILES string of the molecule is O=C(N[C@H](c1cccs1)C1CC(O)C1)c1cc(-c2ccccc2O)n[nH]1.